The van der Waals surface area contributed by atoms with Crippen LogP contribution in [0.1, 0.15) is 5.56 Å². The first-order valence-electron chi connectivity index (χ1n) is 7.39. The van der Waals surface area contributed by atoms with Gasteiger partial charge in [-0.15, -0.1) is 0 Å². The first kappa shape index (κ1) is 14.5. The summed E-state index contributed by atoms with van der Waals surface area (Å²) in [7, 11) is 0. The minimum atomic E-state index is -0.276. The van der Waals surface area contributed by atoms with E-state index in [0.717, 1.165) is 24.3 Å². The van der Waals surface area contributed by atoms with Crippen molar-refractivity contribution in [3.05, 3.63) is 60.2 Å². The van der Waals surface area contributed by atoms with E-state index < -0.39 is 0 Å². The number of halogens is 1. The molecule has 0 aliphatic carbocycles. The molecule has 1 fully saturated rings. The van der Waals surface area contributed by atoms with Crippen LogP contribution in [-0.4, -0.2) is 42.0 Å². The van der Waals surface area contributed by atoms with Crippen LogP contribution in [0.25, 0.3) is 0 Å². The SMILES string of the molecule is O=C(Cc1ccc(F)cc1)N1CCN(c2ccncc2)CC1. The number of hydrogen-bond donors (Lipinski definition) is 0. The highest BCUT2D eigenvalue weighted by atomic mass is 19.1. The van der Waals surface area contributed by atoms with Gasteiger partial charge in [-0.05, 0) is 29.8 Å². The Balaban J connectivity index is 1.54. The second kappa shape index (κ2) is 6.56. The number of benzene rings is 1. The molecule has 5 heteroatoms. The number of nitrogens with zero attached hydrogens (tertiary/aromatic N) is 3. The van der Waals surface area contributed by atoms with Crippen LogP contribution in [0.15, 0.2) is 48.8 Å². The molecule has 1 amide bonds. The predicted molar refractivity (Wildman–Crippen MR) is 83.1 cm³/mol. The van der Waals surface area contributed by atoms with E-state index in [4.69, 9.17) is 0 Å². The zero-order chi connectivity index (χ0) is 15.4. The topological polar surface area (TPSA) is 36.4 Å². The predicted octanol–water partition coefficient (Wildman–Crippen LogP) is 2.11. The lowest BCUT2D eigenvalue weighted by molar-refractivity contribution is -0.130. The van der Waals surface area contributed by atoms with E-state index in [1.54, 1.807) is 24.5 Å². The van der Waals surface area contributed by atoms with E-state index in [9.17, 15) is 9.18 Å². The molecule has 2 aromatic rings. The number of carbonyl (C=O) groups excluding carboxylic acids is 1. The van der Waals surface area contributed by atoms with Gasteiger partial charge < -0.3 is 9.80 Å². The van der Waals surface area contributed by atoms with Gasteiger partial charge in [-0.25, -0.2) is 4.39 Å². The molecule has 0 spiro atoms. The Labute approximate surface area is 129 Å². The van der Waals surface area contributed by atoms with Gasteiger partial charge in [0.25, 0.3) is 0 Å². The lowest BCUT2D eigenvalue weighted by atomic mass is 10.1. The fourth-order valence-corrected chi connectivity index (χ4v) is 2.66. The van der Waals surface area contributed by atoms with Gasteiger partial charge in [0.05, 0.1) is 6.42 Å². The molecular weight excluding hydrogens is 281 g/mol. The summed E-state index contributed by atoms with van der Waals surface area (Å²) in [6, 6.07) is 10.1. The molecular formula is C17H18FN3O. The summed E-state index contributed by atoms with van der Waals surface area (Å²) in [5.74, 6) is -0.178. The van der Waals surface area contributed by atoms with Crippen LogP contribution in [0.2, 0.25) is 0 Å². The minimum absolute atomic E-state index is 0.0981. The van der Waals surface area contributed by atoms with E-state index in [1.165, 1.54) is 12.1 Å². The fourth-order valence-electron chi connectivity index (χ4n) is 2.66. The third-order valence-electron chi connectivity index (χ3n) is 3.93. The number of piperazine rings is 1. The Bertz CT molecular complexity index is 622. The van der Waals surface area contributed by atoms with E-state index in [0.29, 0.717) is 19.5 Å². The van der Waals surface area contributed by atoms with Crippen molar-refractivity contribution < 1.29 is 9.18 Å². The first-order valence-corrected chi connectivity index (χ1v) is 7.39. The first-order chi connectivity index (χ1) is 10.7. The lowest BCUT2D eigenvalue weighted by Gasteiger charge is -2.36. The van der Waals surface area contributed by atoms with E-state index in [-0.39, 0.29) is 11.7 Å². The number of carbonyl (C=O) groups is 1. The maximum atomic E-state index is 12.9. The molecule has 1 aromatic heterocycles. The maximum Gasteiger partial charge on any atom is 0.227 e. The summed E-state index contributed by atoms with van der Waals surface area (Å²) >= 11 is 0. The standard InChI is InChI=1S/C17H18FN3O/c18-15-3-1-14(2-4-15)13-17(22)21-11-9-20(10-12-21)16-5-7-19-8-6-16/h1-8H,9-13H2. The molecule has 1 aliphatic heterocycles. The molecule has 1 saturated heterocycles. The zero-order valence-electron chi connectivity index (χ0n) is 12.3. The van der Waals surface area contributed by atoms with E-state index in [1.807, 2.05) is 17.0 Å². The molecule has 1 aliphatic rings. The molecule has 22 heavy (non-hydrogen) atoms. The normalized spacial score (nSPS) is 15.0. The van der Waals surface area contributed by atoms with Gasteiger partial charge in [0.15, 0.2) is 0 Å². The van der Waals surface area contributed by atoms with E-state index in [2.05, 4.69) is 9.88 Å². The van der Waals surface area contributed by atoms with Crippen LogP contribution in [0.5, 0.6) is 0 Å². The highest BCUT2D eigenvalue weighted by Gasteiger charge is 2.21. The third-order valence-corrected chi connectivity index (χ3v) is 3.93. The molecule has 0 radical (unpaired) electrons. The summed E-state index contributed by atoms with van der Waals surface area (Å²) in [5.41, 5.74) is 1.99. The van der Waals surface area contributed by atoms with Crippen molar-refractivity contribution >= 4 is 11.6 Å². The summed E-state index contributed by atoms with van der Waals surface area (Å²) in [4.78, 5) is 20.4. The van der Waals surface area contributed by atoms with Crippen molar-refractivity contribution in [3.63, 3.8) is 0 Å². The van der Waals surface area contributed by atoms with Gasteiger partial charge in [-0.2, -0.15) is 0 Å². The van der Waals surface area contributed by atoms with Crippen LogP contribution >= 0.6 is 0 Å². The molecule has 4 nitrogen and oxygen atoms in total. The summed E-state index contributed by atoms with van der Waals surface area (Å²) in [6.07, 6.45) is 3.89. The minimum Gasteiger partial charge on any atom is -0.368 e. The van der Waals surface area contributed by atoms with Crippen LogP contribution in [0.4, 0.5) is 10.1 Å². The second-order valence-electron chi connectivity index (χ2n) is 5.38. The smallest absolute Gasteiger partial charge is 0.227 e. The molecule has 0 bridgehead atoms. The summed E-state index contributed by atoms with van der Waals surface area (Å²) in [5, 5.41) is 0. The molecule has 0 atom stereocenters. The van der Waals surface area contributed by atoms with Gasteiger partial charge in [0, 0.05) is 44.3 Å². The number of anilines is 1. The van der Waals surface area contributed by atoms with Crippen molar-refractivity contribution in [2.24, 2.45) is 0 Å². The number of aromatic nitrogens is 1. The number of rotatable bonds is 3. The van der Waals surface area contributed by atoms with Crippen LogP contribution in [0.3, 0.4) is 0 Å². The van der Waals surface area contributed by atoms with Crippen molar-refractivity contribution in [1.29, 1.82) is 0 Å². The summed E-state index contributed by atoms with van der Waals surface area (Å²) < 4.78 is 12.9. The van der Waals surface area contributed by atoms with Gasteiger partial charge in [0.1, 0.15) is 5.82 Å². The fraction of sp³-hybridized carbons (Fsp3) is 0.294. The number of hydrogen-bond acceptors (Lipinski definition) is 3. The molecule has 1 aromatic carbocycles. The molecule has 114 valence electrons. The Morgan fingerprint density at radius 2 is 1.64 bits per heavy atom. The molecule has 0 N–H and O–H groups in total. The second-order valence-corrected chi connectivity index (χ2v) is 5.38. The lowest BCUT2D eigenvalue weighted by Crippen LogP contribution is -2.49. The molecule has 3 rings (SSSR count). The number of pyridine rings is 1. The summed E-state index contributed by atoms with van der Waals surface area (Å²) in [6.45, 7) is 3.06. The Morgan fingerprint density at radius 1 is 1.00 bits per heavy atom. The van der Waals surface area contributed by atoms with Crippen molar-refractivity contribution in [2.75, 3.05) is 31.1 Å². The van der Waals surface area contributed by atoms with Crippen molar-refractivity contribution in [1.82, 2.24) is 9.88 Å². The number of amides is 1. The molecule has 0 saturated carbocycles. The average molecular weight is 299 g/mol. The highest BCUT2D eigenvalue weighted by Crippen LogP contribution is 2.15. The quantitative estimate of drug-likeness (QED) is 0.871. The van der Waals surface area contributed by atoms with Crippen molar-refractivity contribution in [2.45, 2.75) is 6.42 Å². The highest BCUT2D eigenvalue weighted by molar-refractivity contribution is 5.79. The third kappa shape index (κ3) is 3.42. The van der Waals surface area contributed by atoms with Crippen LogP contribution < -0.4 is 4.90 Å². The van der Waals surface area contributed by atoms with Gasteiger partial charge in [-0.3, -0.25) is 9.78 Å². The van der Waals surface area contributed by atoms with Gasteiger partial charge >= 0.3 is 0 Å². The maximum absolute atomic E-state index is 12.9. The Hall–Kier alpha value is -2.43. The van der Waals surface area contributed by atoms with Crippen LogP contribution in [-0.2, 0) is 11.2 Å². The van der Waals surface area contributed by atoms with Gasteiger partial charge in [0.2, 0.25) is 5.91 Å². The Kier molecular flexibility index (Phi) is 4.32. The van der Waals surface area contributed by atoms with Crippen molar-refractivity contribution in [3.8, 4) is 0 Å². The van der Waals surface area contributed by atoms with E-state index >= 15 is 0 Å². The van der Waals surface area contributed by atoms with Gasteiger partial charge in [-0.1, -0.05) is 12.1 Å². The molecule has 0 unspecified atom stereocenters. The Morgan fingerprint density at radius 3 is 2.27 bits per heavy atom. The monoisotopic (exact) mass is 299 g/mol. The average Bonchev–Trinajstić information content (AvgIpc) is 2.58. The van der Waals surface area contributed by atoms with Crippen LogP contribution in [0, 0.1) is 5.82 Å². The molecule has 2 heterocycles. The zero-order valence-corrected chi connectivity index (χ0v) is 12.3. The largest absolute Gasteiger partial charge is 0.368 e.